The number of piperidine rings is 1. The lowest BCUT2D eigenvalue weighted by atomic mass is 9.78. The number of aliphatic hydroxyl groups excluding tert-OH is 1. The number of cyclic esters (lactones) is 1. The first-order valence-corrected chi connectivity index (χ1v) is 30.0. The van der Waals surface area contributed by atoms with Crippen LogP contribution >= 0.6 is 0 Å². The van der Waals surface area contributed by atoms with E-state index in [1.165, 1.54) is 12.0 Å². The maximum absolute atomic E-state index is 14.7. The third-order valence-corrected chi connectivity index (χ3v) is 18.0. The van der Waals surface area contributed by atoms with Crippen LogP contribution in [0.25, 0.3) is 0 Å². The quantitative estimate of drug-likeness (QED) is 0.127. The first kappa shape index (κ1) is 67.2. The molecule has 4 aliphatic heterocycles. The Kier molecular flexibility index (Phi) is 24.6. The van der Waals surface area contributed by atoms with Crippen molar-refractivity contribution >= 4 is 35.2 Å². The van der Waals surface area contributed by atoms with Crippen molar-refractivity contribution in [2.75, 3.05) is 48.2 Å². The van der Waals surface area contributed by atoms with Gasteiger partial charge in [-0.1, -0.05) is 77.1 Å². The summed E-state index contributed by atoms with van der Waals surface area (Å²) >= 11 is 0. The van der Waals surface area contributed by atoms with Crippen molar-refractivity contribution in [1.29, 1.82) is 0 Å². The van der Waals surface area contributed by atoms with Gasteiger partial charge in [-0.3, -0.25) is 24.0 Å². The van der Waals surface area contributed by atoms with Gasteiger partial charge in [0.15, 0.2) is 12.1 Å². The van der Waals surface area contributed by atoms with Crippen molar-refractivity contribution in [3.05, 3.63) is 76.9 Å². The molecule has 5 aliphatic rings. The van der Waals surface area contributed by atoms with E-state index < -0.39 is 114 Å². The van der Waals surface area contributed by atoms with Crippen molar-refractivity contribution in [2.45, 2.75) is 200 Å². The summed E-state index contributed by atoms with van der Waals surface area (Å²) < 4.78 is 53.8. The number of nitrogens with zero attached hydrogens (tertiary/aromatic N) is 1. The number of hydrogen-bond donors (Lipinski definition) is 2. The van der Waals surface area contributed by atoms with E-state index in [0.29, 0.717) is 69.8 Å². The van der Waals surface area contributed by atoms with Gasteiger partial charge in [-0.25, -0.2) is 4.79 Å². The molecule has 4 fully saturated rings. The van der Waals surface area contributed by atoms with Crippen LogP contribution in [0.15, 0.2) is 65.8 Å². The zero-order valence-corrected chi connectivity index (χ0v) is 51.4. The second kappa shape index (κ2) is 30.4. The molecule has 1 amide bonds. The molecule has 462 valence electrons. The van der Waals surface area contributed by atoms with Crippen LogP contribution in [0.3, 0.4) is 0 Å². The van der Waals surface area contributed by atoms with Gasteiger partial charge in [-0.15, -0.1) is 0 Å². The van der Waals surface area contributed by atoms with Gasteiger partial charge in [0.1, 0.15) is 47.4 Å². The van der Waals surface area contributed by atoms with Gasteiger partial charge in [0, 0.05) is 64.0 Å². The van der Waals surface area contributed by atoms with Crippen LogP contribution in [0.1, 0.15) is 150 Å². The lowest BCUT2D eigenvalue weighted by molar-refractivity contribution is -0.265. The van der Waals surface area contributed by atoms with Crippen molar-refractivity contribution in [3.63, 3.8) is 0 Å². The number of allylic oxidation sites excluding steroid dienone is 6. The minimum Gasteiger partial charge on any atom is -0.496 e. The summed E-state index contributed by atoms with van der Waals surface area (Å²) in [6.45, 7) is 16.5. The Labute approximate surface area is 492 Å². The lowest BCUT2D eigenvalue weighted by Crippen LogP contribution is -2.61. The third kappa shape index (κ3) is 17.0. The van der Waals surface area contributed by atoms with E-state index in [-0.39, 0.29) is 56.0 Å². The lowest BCUT2D eigenvalue weighted by Gasteiger charge is -2.42. The van der Waals surface area contributed by atoms with Crippen molar-refractivity contribution < 1.29 is 81.6 Å². The number of carbonyl (C=O) groups is 6. The number of aliphatic hydroxyl groups is 2. The fourth-order valence-corrected chi connectivity index (χ4v) is 12.5. The summed E-state index contributed by atoms with van der Waals surface area (Å²) in [6.07, 6.45) is 9.57. The number of hydrogen-bond acceptors (Lipinski definition) is 17. The van der Waals surface area contributed by atoms with Crippen LogP contribution in [0.4, 0.5) is 0 Å². The summed E-state index contributed by atoms with van der Waals surface area (Å²) in [4.78, 5) is 87.0. The van der Waals surface area contributed by atoms with E-state index in [0.717, 1.165) is 22.4 Å². The first-order valence-electron chi connectivity index (χ1n) is 30.0. The number of aryl methyl sites for hydroxylation is 1. The molecular weight excluding hydrogens is 1070 g/mol. The number of methoxy groups -OCH3 is 4. The van der Waals surface area contributed by atoms with Gasteiger partial charge in [0.25, 0.3) is 11.7 Å². The molecule has 1 saturated carbocycles. The van der Waals surface area contributed by atoms with Gasteiger partial charge in [-0.2, -0.15) is 0 Å². The Morgan fingerprint density at radius 2 is 1.55 bits per heavy atom. The summed E-state index contributed by atoms with van der Waals surface area (Å²) in [5.41, 5.74) is 1.89. The molecule has 2 N–H and O–H groups in total. The van der Waals surface area contributed by atoms with E-state index in [1.807, 2.05) is 83.2 Å². The Bertz CT molecular complexity index is 2530. The topological polar surface area (TPSA) is 229 Å². The monoisotopic (exact) mass is 1160 g/mol. The number of rotatable bonds is 10. The van der Waals surface area contributed by atoms with Gasteiger partial charge in [0.05, 0.1) is 38.6 Å². The molecule has 4 heterocycles. The molecule has 2 bridgehead atoms. The molecule has 1 aromatic rings. The van der Waals surface area contributed by atoms with Crippen molar-refractivity contribution in [1.82, 2.24) is 4.90 Å². The van der Waals surface area contributed by atoms with Crippen LogP contribution in [-0.4, -0.2) is 153 Å². The zero-order valence-electron chi connectivity index (χ0n) is 51.4. The number of benzene rings is 1. The van der Waals surface area contributed by atoms with E-state index in [2.05, 4.69) is 0 Å². The van der Waals surface area contributed by atoms with Crippen LogP contribution in [0.2, 0.25) is 0 Å². The van der Waals surface area contributed by atoms with E-state index in [9.17, 15) is 39.0 Å². The van der Waals surface area contributed by atoms with E-state index in [1.54, 1.807) is 55.1 Å². The highest BCUT2D eigenvalue weighted by atomic mass is 16.7. The molecule has 3 saturated heterocycles. The standard InChI is InChI=1S/C65H95NO17/c1-38-19-15-14-16-20-39(2)53(76-11)34-48-25-22-45(8)65(74,83-48)59(70)60(71)66-28-18-17-21-49(66)61(72)81-54(35-50(67)40(3)30-44(7)57(69)58(78-13)56(68)43(6)29-38)41(4)31-46-23-26-52(55(33-46)77-12)82-63(73)64(9)36-79-62(80-37-64)47-24-27-51(75-10)42(5)32-47/h14-16,19-20,24,27,30,32,38,40-41,43,45-46,48-49,52-55,57-58,62,69,74H,17-18,21-23,25-26,28-29,31,33-37H2,1-13H3/b16-14+,19-15+,39-20+,44-30+. The minimum absolute atomic E-state index is 0.00599. The van der Waals surface area contributed by atoms with Crippen LogP contribution < -0.4 is 4.74 Å². The molecule has 0 aromatic heterocycles. The molecule has 15 atom stereocenters. The van der Waals surface area contributed by atoms with Crippen molar-refractivity contribution in [2.24, 2.45) is 40.9 Å². The van der Waals surface area contributed by atoms with Crippen LogP contribution in [0.5, 0.6) is 5.75 Å². The fourth-order valence-electron chi connectivity index (χ4n) is 12.5. The second-order valence-corrected chi connectivity index (χ2v) is 24.7. The smallest absolute Gasteiger partial charge is 0.329 e. The van der Waals surface area contributed by atoms with Gasteiger partial charge >= 0.3 is 11.9 Å². The Hall–Kier alpha value is -4.92. The maximum atomic E-state index is 14.7. The molecule has 6 rings (SSSR count). The van der Waals surface area contributed by atoms with Crippen LogP contribution in [-0.2, 0) is 66.7 Å². The molecular formula is C65H95NO17. The second-order valence-electron chi connectivity index (χ2n) is 24.7. The predicted molar refractivity (Wildman–Crippen MR) is 309 cm³/mol. The first-order chi connectivity index (χ1) is 39.4. The van der Waals surface area contributed by atoms with Crippen LogP contribution in [0, 0.1) is 47.8 Å². The molecule has 1 aliphatic carbocycles. The average molecular weight is 1160 g/mol. The molecule has 18 heteroatoms. The fraction of sp³-hybridized carbons (Fsp3) is 0.692. The summed E-state index contributed by atoms with van der Waals surface area (Å²) in [5, 5.41) is 23.7. The minimum atomic E-state index is -2.47. The number of ketones is 3. The molecule has 0 spiro atoms. The molecule has 18 nitrogen and oxygen atoms in total. The highest BCUT2D eigenvalue weighted by Crippen LogP contribution is 2.40. The Balaban J connectivity index is 1.22. The van der Waals surface area contributed by atoms with Gasteiger partial charge in [0.2, 0.25) is 5.79 Å². The molecule has 1 aromatic carbocycles. The number of fused-ring (bicyclic) bond motifs is 3. The van der Waals surface area contributed by atoms with Gasteiger partial charge < -0.3 is 57.7 Å². The Morgan fingerprint density at radius 1 is 0.831 bits per heavy atom. The summed E-state index contributed by atoms with van der Waals surface area (Å²) in [7, 11) is 6.13. The SMILES string of the molecule is COc1ccc(C2OCC(C)(C(=O)OC3CCC(CC(C)C4CC(=O)C(C)/C=C(\C)C(O)C(OC)C(=O)C(C)CC(C)/C=C/C=C/C=C(\C)C(OC)CC5CCC(C)C(O)(O5)C(=O)C(=O)N5CCCCC5C(=O)O4)CC3OC)CO2)cc1C. The normalized spacial score (nSPS) is 37.9. The summed E-state index contributed by atoms with van der Waals surface area (Å²) in [5.74, 6) is -8.22. The largest absolute Gasteiger partial charge is 0.496 e. The van der Waals surface area contributed by atoms with E-state index >= 15 is 0 Å². The average Bonchev–Trinajstić information content (AvgIpc) is 3.60. The number of amides is 1. The number of ether oxygens (including phenoxy) is 9. The maximum Gasteiger partial charge on any atom is 0.329 e. The highest BCUT2D eigenvalue weighted by Gasteiger charge is 2.53. The molecule has 83 heavy (non-hydrogen) atoms. The molecule has 15 unspecified atom stereocenters. The number of carbonyl (C=O) groups excluding carboxylic acids is 6. The Morgan fingerprint density at radius 3 is 2.22 bits per heavy atom. The molecule has 0 radical (unpaired) electrons. The van der Waals surface area contributed by atoms with Crippen molar-refractivity contribution in [3.8, 4) is 5.75 Å². The van der Waals surface area contributed by atoms with E-state index in [4.69, 9.17) is 42.6 Å². The zero-order chi connectivity index (χ0) is 60.9. The highest BCUT2D eigenvalue weighted by molar-refractivity contribution is 6.39. The number of Topliss-reactive ketones (excluding diaryl/α,β-unsaturated/α-hetero) is 3. The number of esters is 2. The van der Waals surface area contributed by atoms with Gasteiger partial charge in [-0.05, 0) is 138 Å². The summed E-state index contributed by atoms with van der Waals surface area (Å²) in [6, 6.07) is 4.46. The third-order valence-electron chi connectivity index (χ3n) is 18.0. The predicted octanol–water partition coefficient (Wildman–Crippen LogP) is 8.80.